The molecule has 2 aliphatic rings. The fraction of sp³-hybridized carbons (Fsp3) is 0.632. The summed E-state index contributed by atoms with van der Waals surface area (Å²) in [7, 11) is 1.65. The molecule has 3 nitrogen and oxygen atoms in total. The fourth-order valence-electron chi connectivity index (χ4n) is 4.10. The van der Waals surface area contributed by atoms with Crippen LogP contribution in [0.25, 0.3) is 0 Å². The van der Waals surface area contributed by atoms with Crippen molar-refractivity contribution in [2.24, 2.45) is 11.8 Å². The molecule has 1 saturated carbocycles. The van der Waals surface area contributed by atoms with Gasteiger partial charge in [-0.1, -0.05) is 32.1 Å². The van der Waals surface area contributed by atoms with Crippen LogP contribution in [0.4, 0.5) is 0 Å². The van der Waals surface area contributed by atoms with Crippen LogP contribution in [0.15, 0.2) is 24.3 Å². The van der Waals surface area contributed by atoms with E-state index in [1.54, 1.807) is 7.11 Å². The number of hydrogen-bond donors (Lipinski definition) is 0. The van der Waals surface area contributed by atoms with E-state index in [0.717, 1.165) is 36.2 Å². The SMILES string of the molecule is COc1ccc(C(=O)N2CCC(C3CCCCC3)CC2)cc1. The summed E-state index contributed by atoms with van der Waals surface area (Å²) < 4.78 is 5.15. The lowest BCUT2D eigenvalue weighted by Crippen LogP contribution is -2.40. The lowest BCUT2D eigenvalue weighted by molar-refractivity contribution is 0.0638. The van der Waals surface area contributed by atoms with Gasteiger partial charge in [0.15, 0.2) is 0 Å². The van der Waals surface area contributed by atoms with E-state index >= 15 is 0 Å². The van der Waals surface area contributed by atoms with Crippen molar-refractivity contribution in [1.82, 2.24) is 4.90 Å². The summed E-state index contributed by atoms with van der Waals surface area (Å²) >= 11 is 0. The highest BCUT2D eigenvalue weighted by Crippen LogP contribution is 2.35. The zero-order chi connectivity index (χ0) is 15.4. The maximum atomic E-state index is 12.6. The van der Waals surface area contributed by atoms with E-state index in [1.165, 1.54) is 44.9 Å². The summed E-state index contributed by atoms with van der Waals surface area (Å²) in [5.41, 5.74) is 0.775. The highest BCUT2D eigenvalue weighted by molar-refractivity contribution is 5.94. The Hall–Kier alpha value is -1.51. The first-order chi connectivity index (χ1) is 10.8. The Labute approximate surface area is 133 Å². The maximum Gasteiger partial charge on any atom is 0.253 e. The number of carbonyl (C=O) groups excluding carboxylic acids is 1. The van der Waals surface area contributed by atoms with Gasteiger partial charge in [-0.15, -0.1) is 0 Å². The van der Waals surface area contributed by atoms with Crippen molar-refractivity contribution in [3.8, 4) is 5.75 Å². The van der Waals surface area contributed by atoms with Gasteiger partial charge in [0.2, 0.25) is 0 Å². The molecule has 1 saturated heterocycles. The lowest BCUT2D eigenvalue weighted by atomic mass is 9.76. The zero-order valence-electron chi connectivity index (χ0n) is 13.6. The number of likely N-dealkylation sites (tertiary alicyclic amines) is 1. The van der Waals surface area contributed by atoms with Gasteiger partial charge in [-0.3, -0.25) is 4.79 Å². The number of methoxy groups -OCH3 is 1. The first-order valence-corrected chi connectivity index (χ1v) is 8.71. The van der Waals surface area contributed by atoms with E-state index in [2.05, 4.69) is 0 Å². The average molecular weight is 301 g/mol. The molecule has 0 bridgehead atoms. The minimum absolute atomic E-state index is 0.171. The van der Waals surface area contributed by atoms with Crippen LogP contribution in [0, 0.1) is 11.8 Å². The largest absolute Gasteiger partial charge is 0.497 e. The lowest BCUT2D eigenvalue weighted by Gasteiger charge is -2.37. The van der Waals surface area contributed by atoms with E-state index in [9.17, 15) is 4.79 Å². The molecule has 1 aliphatic heterocycles. The Morgan fingerprint density at radius 1 is 0.955 bits per heavy atom. The number of rotatable bonds is 3. The van der Waals surface area contributed by atoms with E-state index in [4.69, 9.17) is 4.74 Å². The molecule has 1 aliphatic carbocycles. The van der Waals surface area contributed by atoms with Crippen molar-refractivity contribution in [2.75, 3.05) is 20.2 Å². The van der Waals surface area contributed by atoms with E-state index in [1.807, 2.05) is 29.2 Å². The number of amides is 1. The molecule has 0 radical (unpaired) electrons. The number of piperidine rings is 1. The predicted molar refractivity (Wildman–Crippen MR) is 88.2 cm³/mol. The zero-order valence-corrected chi connectivity index (χ0v) is 13.6. The van der Waals surface area contributed by atoms with Crippen LogP contribution in [0.3, 0.4) is 0 Å². The van der Waals surface area contributed by atoms with Crippen molar-refractivity contribution in [1.29, 1.82) is 0 Å². The van der Waals surface area contributed by atoms with Gasteiger partial charge in [-0.05, 0) is 48.9 Å². The first kappa shape index (κ1) is 15.4. The smallest absolute Gasteiger partial charge is 0.253 e. The number of hydrogen-bond acceptors (Lipinski definition) is 2. The molecule has 1 heterocycles. The second kappa shape index (κ2) is 7.17. The number of nitrogens with zero attached hydrogens (tertiary/aromatic N) is 1. The third-order valence-corrected chi connectivity index (χ3v) is 5.48. The predicted octanol–water partition coefficient (Wildman–Crippen LogP) is 4.13. The molecular weight excluding hydrogens is 274 g/mol. The van der Waals surface area contributed by atoms with Gasteiger partial charge in [0.25, 0.3) is 5.91 Å². The van der Waals surface area contributed by atoms with Crippen LogP contribution < -0.4 is 4.74 Å². The molecular formula is C19H27NO2. The van der Waals surface area contributed by atoms with E-state index in [0.29, 0.717) is 0 Å². The minimum atomic E-state index is 0.171. The maximum absolute atomic E-state index is 12.6. The normalized spacial score (nSPS) is 20.9. The minimum Gasteiger partial charge on any atom is -0.497 e. The second-order valence-electron chi connectivity index (χ2n) is 6.76. The van der Waals surface area contributed by atoms with Crippen LogP contribution in [-0.4, -0.2) is 31.0 Å². The molecule has 1 amide bonds. The van der Waals surface area contributed by atoms with Crippen LogP contribution >= 0.6 is 0 Å². The molecule has 120 valence electrons. The molecule has 0 spiro atoms. The number of ether oxygens (including phenoxy) is 1. The standard InChI is InChI=1S/C19H27NO2/c1-22-18-9-7-17(8-10-18)19(21)20-13-11-16(12-14-20)15-5-3-2-4-6-15/h7-10,15-16H,2-6,11-14H2,1H3. The van der Waals surface area contributed by atoms with Crippen LogP contribution in [-0.2, 0) is 0 Å². The van der Waals surface area contributed by atoms with Crippen molar-refractivity contribution in [2.45, 2.75) is 44.9 Å². The third kappa shape index (κ3) is 3.45. The van der Waals surface area contributed by atoms with Crippen molar-refractivity contribution in [3.63, 3.8) is 0 Å². The highest BCUT2D eigenvalue weighted by Gasteiger charge is 2.29. The molecule has 22 heavy (non-hydrogen) atoms. The molecule has 1 aromatic carbocycles. The highest BCUT2D eigenvalue weighted by atomic mass is 16.5. The Morgan fingerprint density at radius 3 is 2.14 bits per heavy atom. The summed E-state index contributed by atoms with van der Waals surface area (Å²) in [6, 6.07) is 7.47. The Morgan fingerprint density at radius 2 is 1.55 bits per heavy atom. The third-order valence-electron chi connectivity index (χ3n) is 5.48. The Kier molecular flexibility index (Phi) is 5.01. The monoisotopic (exact) mass is 301 g/mol. The van der Waals surface area contributed by atoms with Gasteiger partial charge in [0.1, 0.15) is 5.75 Å². The Balaban J connectivity index is 1.54. The summed E-state index contributed by atoms with van der Waals surface area (Å²) in [4.78, 5) is 14.6. The van der Waals surface area contributed by atoms with Crippen molar-refractivity contribution < 1.29 is 9.53 Å². The van der Waals surface area contributed by atoms with Crippen LogP contribution in [0.1, 0.15) is 55.3 Å². The summed E-state index contributed by atoms with van der Waals surface area (Å²) in [6.45, 7) is 1.85. The van der Waals surface area contributed by atoms with E-state index < -0.39 is 0 Å². The van der Waals surface area contributed by atoms with Gasteiger partial charge >= 0.3 is 0 Å². The molecule has 0 N–H and O–H groups in total. The summed E-state index contributed by atoms with van der Waals surface area (Å²) in [6.07, 6.45) is 9.45. The van der Waals surface area contributed by atoms with E-state index in [-0.39, 0.29) is 5.91 Å². The Bertz CT molecular complexity index is 483. The quantitative estimate of drug-likeness (QED) is 0.840. The van der Waals surface area contributed by atoms with Gasteiger partial charge in [0, 0.05) is 18.7 Å². The molecule has 3 heteroatoms. The van der Waals surface area contributed by atoms with Gasteiger partial charge in [0.05, 0.1) is 7.11 Å². The topological polar surface area (TPSA) is 29.5 Å². The molecule has 0 atom stereocenters. The molecule has 3 rings (SSSR count). The number of carbonyl (C=O) groups is 1. The summed E-state index contributed by atoms with van der Waals surface area (Å²) in [5, 5.41) is 0. The van der Waals surface area contributed by atoms with Crippen LogP contribution in [0.2, 0.25) is 0 Å². The first-order valence-electron chi connectivity index (χ1n) is 8.71. The van der Waals surface area contributed by atoms with Crippen molar-refractivity contribution >= 4 is 5.91 Å². The summed E-state index contributed by atoms with van der Waals surface area (Å²) in [5.74, 6) is 2.74. The number of benzene rings is 1. The van der Waals surface area contributed by atoms with Gasteiger partial charge < -0.3 is 9.64 Å². The van der Waals surface area contributed by atoms with Gasteiger partial charge in [-0.25, -0.2) is 0 Å². The molecule has 0 unspecified atom stereocenters. The van der Waals surface area contributed by atoms with Crippen molar-refractivity contribution in [3.05, 3.63) is 29.8 Å². The molecule has 0 aromatic heterocycles. The molecule has 1 aromatic rings. The molecule has 2 fully saturated rings. The van der Waals surface area contributed by atoms with Crippen LogP contribution in [0.5, 0.6) is 5.75 Å². The fourth-order valence-corrected chi connectivity index (χ4v) is 4.10. The van der Waals surface area contributed by atoms with Gasteiger partial charge in [-0.2, -0.15) is 0 Å². The second-order valence-corrected chi connectivity index (χ2v) is 6.76. The average Bonchev–Trinajstić information content (AvgIpc) is 2.62.